The van der Waals surface area contributed by atoms with Gasteiger partial charge in [-0.1, -0.05) is 0 Å². The van der Waals surface area contributed by atoms with Crippen LogP contribution < -0.4 is 4.13 Å². The molecule has 1 saturated heterocycles. The van der Waals surface area contributed by atoms with E-state index < -0.39 is 38.3 Å². The first-order valence-electron chi connectivity index (χ1n) is 4.98. The molecule has 1 amide bonds. The van der Waals surface area contributed by atoms with Gasteiger partial charge in [0, 0.05) is 13.1 Å². The van der Waals surface area contributed by atoms with Crippen molar-refractivity contribution in [2.45, 2.75) is 23.9 Å². The van der Waals surface area contributed by atoms with Gasteiger partial charge >= 0.3 is 26.9 Å². The number of sulfonamides is 1. The molecule has 0 aromatic rings. The quantitative estimate of drug-likeness (QED) is 0.582. The maximum Gasteiger partial charge on any atom is 0.515 e. The Morgan fingerprint density at radius 3 is 2.21 bits per heavy atom. The minimum absolute atomic E-state index is 0.197. The largest absolute Gasteiger partial charge is 0.594 e. The Morgan fingerprint density at radius 1 is 1.32 bits per heavy atom. The molecule has 0 aromatic heterocycles. The lowest BCUT2D eigenvalue weighted by atomic mass is 10.4. The molecule has 0 radical (unpaired) electrons. The van der Waals surface area contributed by atoms with Crippen molar-refractivity contribution >= 4 is 27.3 Å². The maximum absolute atomic E-state index is 13.4. The van der Waals surface area contributed by atoms with E-state index in [1.54, 1.807) is 0 Å². The van der Waals surface area contributed by atoms with Gasteiger partial charge in [-0.15, -0.1) is 0 Å². The molecule has 0 aliphatic carbocycles. The molecule has 19 heavy (non-hydrogen) atoms. The highest BCUT2D eigenvalue weighted by Crippen LogP contribution is 2.23. The minimum Gasteiger partial charge on any atom is -0.594 e. The van der Waals surface area contributed by atoms with E-state index in [4.69, 9.17) is 0 Å². The number of halogens is 4. The van der Waals surface area contributed by atoms with Crippen LogP contribution in [0, 0.1) is 0 Å². The Bertz CT molecular complexity index is 435. The second kappa shape index (κ2) is 5.81. The lowest BCUT2D eigenvalue weighted by Crippen LogP contribution is -2.48. The molecule has 1 rings (SSSR count). The Kier molecular flexibility index (Phi) is 5.03. The van der Waals surface area contributed by atoms with Gasteiger partial charge in [-0.2, -0.15) is 26.0 Å². The van der Waals surface area contributed by atoms with Gasteiger partial charge in [0.25, 0.3) is 0 Å². The van der Waals surface area contributed by atoms with Crippen molar-refractivity contribution in [1.29, 1.82) is 0 Å². The molecule has 2 atom stereocenters. The smallest absolute Gasteiger partial charge is 0.515 e. The first-order chi connectivity index (χ1) is 8.56. The van der Waals surface area contributed by atoms with Crippen LogP contribution in [-0.2, 0) is 26.2 Å². The molecule has 0 aromatic carbocycles. The van der Waals surface area contributed by atoms with Crippen molar-refractivity contribution in [3.63, 3.8) is 0 Å². The summed E-state index contributed by atoms with van der Waals surface area (Å²) in [7, 11) is -5.96. The summed E-state index contributed by atoms with van der Waals surface area (Å²) < 4.78 is 82.1. The Balaban J connectivity index is 2.67. The number of rotatable bonds is 4. The number of carbonyl (C=O) groups excluding carboxylic acids is 1. The van der Waals surface area contributed by atoms with Gasteiger partial charge in [-0.05, 0) is 17.0 Å². The Hall–Kier alpha value is -0.590. The van der Waals surface area contributed by atoms with Crippen molar-refractivity contribution < 1.29 is 35.3 Å². The van der Waals surface area contributed by atoms with Crippen LogP contribution in [0.5, 0.6) is 0 Å². The number of likely N-dealkylation sites (tertiary alicyclic amines) is 1. The third-order valence-electron chi connectivity index (χ3n) is 2.30. The van der Waals surface area contributed by atoms with E-state index in [0.29, 0.717) is 17.0 Å². The number of nitrogens with zero attached hydrogens (tertiary/aromatic N) is 1. The molecular weight excluding hydrogens is 316 g/mol. The number of amides is 1. The lowest BCUT2D eigenvalue weighted by Gasteiger charge is -2.19. The van der Waals surface area contributed by atoms with Crippen LogP contribution in [0.25, 0.3) is 0 Å². The summed E-state index contributed by atoms with van der Waals surface area (Å²) >= 11 is -3.32. The zero-order chi connectivity index (χ0) is 14.8. The number of nitrogens with one attached hydrogen (secondary N) is 1. The van der Waals surface area contributed by atoms with E-state index >= 15 is 0 Å². The molecule has 0 saturated carbocycles. The van der Waals surface area contributed by atoms with Crippen molar-refractivity contribution in [1.82, 2.24) is 9.03 Å². The van der Waals surface area contributed by atoms with E-state index in [0.717, 1.165) is 4.90 Å². The first-order valence-corrected chi connectivity index (χ1v) is 7.68. The van der Waals surface area contributed by atoms with Crippen molar-refractivity contribution in [3.8, 4) is 0 Å². The molecule has 12 heteroatoms. The summed E-state index contributed by atoms with van der Waals surface area (Å²) in [6.45, 7) is 0.394. The third-order valence-corrected chi connectivity index (χ3v) is 5.02. The second-order valence-corrected chi connectivity index (χ2v) is 6.82. The fourth-order valence-corrected chi connectivity index (χ4v) is 3.28. The average molecular weight is 326 g/mol. The highest BCUT2D eigenvalue weighted by molar-refractivity contribution is 8.05. The summed E-state index contributed by atoms with van der Waals surface area (Å²) in [4.78, 5) is 12.3. The fourth-order valence-electron chi connectivity index (χ4n) is 1.37. The summed E-state index contributed by atoms with van der Waals surface area (Å²) in [6, 6.07) is 0. The molecule has 6 nitrogen and oxygen atoms in total. The van der Waals surface area contributed by atoms with Gasteiger partial charge in [0.2, 0.25) is 0 Å². The van der Waals surface area contributed by atoms with Gasteiger partial charge in [0.1, 0.15) is 11.4 Å². The average Bonchev–Trinajstić information content (AvgIpc) is 2.78. The van der Waals surface area contributed by atoms with Crippen LogP contribution in [-0.4, -0.2) is 47.9 Å². The highest BCUT2D eigenvalue weighted by Gasteiger charge is 2.51. The summed E-state index contributed by atoms with van der Waals surface area (Å²) in [5.41, 5.74) is -8.59. The van der Waals surface area contributed by atoms with Crippen LogP contribution in [0.3, 0.4) is 0 Å². The molecule has 1 heterocycles. The predicted octanol–water partition coefficient (Wildman–Crippen LogP) is 0.00730. The second-order valence-electron chi connectivity index (χ2n) is 3.68. The molecular formula is C7H10F4N2O4S2. The van der Waals surface area contributed by atoms with Gasteiger partial charge in [0.05, 0.1) is 0 Å². The molecule has 2 unspecified atom stereocenters. The normalized spacial score (nSPS) is 20.4. The van der Waals surface area contributed by atoms with Crippen LogP contribution in [0.4, 0.5) is 17.6 Å². The Labute approximate surface area is 109 Å². The molecule has 1 fully saturated rings. The van der Waals surface area contributed by atoms with Gasteiger partial charge < -0.3 is 9.45 Å². The number of carbonyl (C=O) groups is 1. The fraction of sp³-hybridized carbons (Fsp3) is 0.857. The topological polar surface area (TPSA) is 89.5 Å². The zero-order valence-electron chi connectivity index (χ0n) is 9.31. The third kappa shape index (κ3) is 3.94. The van der Waals surface area contributed by atoms with E-state index in [9.17, 15) is 35.3 Å². The summed E-state index contributed by atoms with van der Waals surface area (Å²) in [5, 5.41) is 0. The molecule has 1 aliphatic rings. The molecule has 1 N–H and O–H groups in total. The highest BCUT2D eigenvalue weighted by atomic mass is 32.3. The Morgan fingerprint density at radius 2 is 1.79 bits per heavy atom. The van der Waals surface area contributed by atoms with Crippen molar-refractivity contribution in [2.24, 2.45) is 0 Å². The van der Waals surface area contributed by atoms with Gasteiger partial charge in [-0.3, -0.25) is 4.79 Å². The van der Waals surface area contributed by atoms with Gasteiger partial charge in [-0.25, -0.2) is 0 Å². The lowest BCUT2D eigenvalue weighted by molar-refractivity contribution is -0.132. The van der Waals surface area contributed by atoms with Crippen LogP contribution in [0.15, 0.2) is 0 Å². The number of hydrogen-bond donors (Lipinski definition) is 1. The number of alkyl halides is 4. The summed E-state index contributed by atoms with van der Waals surface area (Å²) in [6.07, 6.45) is 1.19. The van der Waals surface area contributed by atoms with E-state index in [1.807, 2.05) is 0 Å². The van der Waals surface area contributed by atoms with Crippen molar-refractivity contribution in [3.05, 3.63) is 0 Å². The van der Waals surface area contributed by atoms with Crippen LogP contribution in [0.2, 0.25) is 0 Å². The zero-order valence-corrected chi connectivity index (χ0v) is 10.9. The minimum atomic E-state index is -5.96. The van der Waals surface area contributed by atoms with E-state index in [2.05, 4.69) is 0 Å². The van der Waals surface area contributed by atoms with Crippen LogP contribution in [0.1, 0.15) is 12.8 Å². The molecule has 0 bridgehead atoms. The van der Waals surface area contributed by atoms with Crippen molar-refractivity contribution in [2.75, 3.05) is 13.1 Å². The number of hydrogen-bond acceptors (Lipinski definition) is 4. The van der Waals surface area contributed by atoms with Gasteiger partial charge in [0.15, 0.2) is 0 Å². The first kappa shape index (κ1) is 16.5. The SMILES string of the molecule is O=C(C(F)[S+]([O-])NS(=O)(=O)C(F)(F)F)N1CCCC1. The molecule has 1 aliphatic heterocycles. The van der Waals surface area contributed by atoms with Crippen LogP contribution >= 0.6 is 0 Å². The monoisotopic (exact) mass is 326 g/mol. The molecule has 112 valence electrons. The predicted molar refractivity (Wildman–Crippen MR) is 57.0 cm³/mol. The van der Waals surface area contributed by atoms with E-state index in [1.165, 1.54) is 0 Å². The van der Waals surface area contributed by atoms with E-state index in [-0.39, 0.29) is 13.1 Å². The molecule has 0 spiro atoms. The summed E-state index contributed by atoms with van der Waals surface area (Å²) in [5.74, 6) is -1.29. The standard InChI is InChI=1S/C7H10F4N2O4S2/c8-5(6(14)13-3-1-2-4-13)18(15)12-19(16,17)7(9,10)11/h5,12H,1-4H2. The maximum atomic E-state index is 13.4.